The lowest BCUT2D eigenvalue weighted by molar-refractivity contribution is -0.123. The van der Waals surface area contributed by atoms with E-state index < -0.39 is 0 Å². The number of nitrogens with one attached hydrogen (secondary N) is 1. The highest BCUT2D eigenvalue weighted by Crippen LogP contribution is 2.21. The Kier molecular flexibility index (Phi) is 5.55. The molecule has 0 saturated heterocycles. The van der Waals surface area contributed by atoms with Crippen molar-refractivity contribution in [1.29, 1.82) is 0 Å². The fourth-order valence-electron chi connectivity index (χ4n) is 1.63. The van der Waals surface area contributed by atoms with Gasteiger partial charge in [0, 0.05) is 4.47 Å². The van der Waals surface area contributed by atoms with E-state index >= 15 is 0 Å². The summed E-state index contributed by atoms with van der Waals surface area (Å²) in [6, 6.07) is 12.0. The average molecular weight is 363 g/mol. The molecule has 0 fully saturated rings. The number of carbonyl (C=O) groups excluding carboxylic acids is 1. The lowest BCUT2D eigenvalue weighted by Gasteiger charge is -2.06. The number of hydrogen-bond donors (Lipinski definition) is 2. The maximum absolute atomic E-state index is 11.6. The molecule has 0 aliphatic rings. The third kappa shape index (κ3) is 4.89. The second-order valence-electron chi connectivity index (χ2n) is 4.58. The van der Waals surface area contributed by atoms with Gasteiger partial charge in [-0.05, 0) is 60.5 Å². The Morgan fingerprint density at radius 2 is 2.05 bits per heavy atom. The lowest BCUT2D eigenvalue weighted by Crippen LogP contribution is -2.24. The van der Waals surface area contributed by atoms with Crippen LogP contribution in [0.25, 0.3) is 0 Å². The van der Waals surface area contributed by atoms with Crippen LogP contribution in [-0.4, -0.2) is 23.8 Å². The van der Waals surface area contributed by atoms with Crippen molar-refractivity contribution in [3.63, 3.8) is 0 Å². The Bertz CT molecular complexity index is 684. The van der Waals surface area contributed by atoms with Gasteiger partial charge < -0.3 is 9.84 Å². The zero-order valence-corrected chi connectivity index (χ0v) is 13.5. The van der Waals surface area contributed by atoms with Crippen molar-refractivity contribution in [2.75, 3.05) is 6.61 Å². The van der Waals surface area contributed by atoms with Gasteiger partial charge in [0.25, 0.3) is 5.91 Å². The molecule has 0 heterocycles. The van der Waals surface area contributed by atoms with Gasteiger partial charge >= 0.3 is 0 Å². The summed E-state index contributed by atoms with van der Waals surface area (Å²) >= 11 is 3.40. The average Bonchev–Trinajstić information content (AvgIpc) is 2.50. The number of aromatic hydroxyl groups is 1. The predicted octanol–water partition coefficient (Wildman–Crippen LogP) is 2.99. The van der Waals surface area contributed by atoms with Gasteiger partial charge in [-0.2, -0.15) is 5.10 Å². The molecular formula is C16H15BrN2O3. The van der Waals surface area contributed by atoms with Crippen LogP contribution in [0.4, 0.5) is 0 Å². The molecule has 22 heavy (non-hydrogen) atoms. The fourth-order valence-corrected chi connectivity index (χ4v) is 1.87. The van der Waals surface area contributed by atoms with Gasteiger partial charge in [0.15, 0.2) is 6.61 Å². The molecule has 2 rings (SSSR count). The monoisotopic (exact) mass is 362 g/mol. The van der Waals surface area contributed by atoms with Crippen molar-refractivity contribution in [1.82, 2.24) is 5.43 Å². The summed E-state index contributed by atoms with van der Waals surface area (Å²) in [5, 5.41) is 13.0. The minimum atomic E-state index is -0.351. The lowest BCUT2D eigenvalue weighted by atomic mass is 10.2. The second kappa shape index (κ2) is 7.61. The molecule has 0 aromatic heterocycles. The Hall–Kier alpha value is -2.34. The van der Waals surface area contributed by atoms with Crippen LogP contribution in [0.2, 0.25) is 0 Å². The van der Waals surface area contributed by atoms with Gasteiger partial charge in [-0.3, -0.25) is 4.79 Å². The number of hydrazone groups is 1. The number of phenols is 1. The number of aryl methyl sites for hydroxylation is 1. The fraction of sp³-hybridized carbons (Fsp3) is 0.125. The summed E-state index contributed by atoms with van der Waals surface area (Å²) in [4.78, 5) is 11.6. The molecule has 2 N–H and O–H groups in total. The molecule has 0 aliphatic heterocycles. The number of benzene rings is 2. The summed E-state index contributed by atoms with van der Waals surface area (Å²) in [6.45, 7) is 1.83. The van der Waals surface area contributed by atoms with Crippen molar-refractivity contribution in [3.8, 4) is 11.5 Å². The maximum atomic E-state index is 11.6. The van der Waals surface area contributed by atoms with E-state index in [0.717, 1.165) is 15.6 Å². The molecule has 1 amide bonds. The Balaban J connectivity index is 1.80. The smallest absolute Gasteiger partial charge is 0.277 e. The van der Waals surface area contributed by atoms with Gasteiger partial charge in [0.05, 0.1) is 6.21 Å². The Morgan fingerprint density at radius 3 is 2.73 bits per heavy atom. The predicted molar refractivity (Wildman–Crippen MR) is 88.2 cm³/mol. The van der Waals surface area contributed by atoms with E-state index in [-0.39, 0.29) is 18.3 Å². The van der Waals surface area contributed by atoms with Crippen molar-refractivity contribution >= 4 is 28.1 Å². The van der Waals surface area contributed by atoms with E-state index in [9.17, 15) is 4.79 Å². The van der Waals surface area contributed by atoms with Crippen molar-refractivity contribution in [3.05, 3.63) is 58.1 Å². The number of amides is 1. The van der Waals surface area contributed by atoms with E-state index in [1.54, 1.807) is 30.3 Å². The Labute approximate surface area is 136 Å². The van der Waals surface area contributed by atoms with E-state index in [1.807, 2.05) is 19.1 Å². The van der Waals surface area contributed by atoms with E-state index in [4.69, 9.17) is 9.84 Å². The zero-order chi connectivity index (χ0) is 15.9. The summed E-state index contributed by atoms with van der Waals surface area (Å²) < 4.78 is 6.37. The largest absolute Gasteiger partial charge is 0.508 e. The summed E-state index contributed by atoms with van der Waals surface area (Å²) in [5.41, 5.74) is 4.17. The number of rotatable bonds is 5. The minimum absolute atomic E-state index is 0.117. The van der Waals surface area contributed by atoms with Crippen LogP contribution in [0.15, 0.2) is 52.0 Å². The molecule has 2 aromatic rings. The number of carbonyl (C=O) groups is 1. The standard InChI is InChI=1S/C16H15BrN2O3/c1-11-8-14(6-7-15(11)17)22-10-16(21)19-18-9-12-2-4-13(20)5-3-12/h2-9,20H,10H2,1H3,(H,19,21)/b18-9+. The van der Waals surface area contributed by atoms with Crippen molar-refractivity contribution in [2.24, 2.45) is 5.10 Å². The number of nitrogens with zero attached hydrogens (tertiary/aromatic N) is 1. The molecule has 0 unspecified atom stereocenters. The van der Waals surface area contributed by atoms with Crippen LogP contribution in [0, 0.1) is 6.92 Å². The van der Waals surface area contributed by atoms with Crippen LogP contribution in [-0.2, 0) is 4.79 Å². The van der Waals surface area contributed by atoms with Crippen LogP contribution in [0.5, 0.6) is 11.5 Å². The highest BCUT2D eigenvalue weighted by Gasteiger charge is 2.03. The topological polar surface area (TPSA) is 70.9 Å². The van der Waals surface area contributed by atoms with Gasteiger partial charge in [-0.1, -0.05) is 15.9 Å². The highest BCUT2D eigenvalue weighted by atomic mass is 79.9. The van der Waals surface area contributed by atoms with Gasteiger partial charge in [-0.15, -0.1) is 0 Å². The molecule has 0 atom stereocenters. The first kappa shape index (κ1) is 16.0. The normalized spacial score (nSPS) is 10.6. The third-order valence-corrected chi connectivity index (χ3v) is 3.69. The zero-order valence-electron chi connectivity index (χ0n) is 11.9. The molecule has 0 aliphatic carbocycles. The summed E-state index contributed by atoms with van der Waals surface area (Å²) in [6.07, 6.45) is 1.49. The molecule has 0 saturated carbocycles. The van der Waals surface area contributed by atoms with Crippen molar-refractivity contribution < 1.29 is 14.6 Å². The number of ether oxygens (including phenoxy) is 1. The van der Waals surface area contributed by atoms with Gasteiger partial charge in [-0.25, -0.2) is 5.43 Å². The first-order valence-electron chi connectivity index (χ1n) is 6.54. The molecule has 2 aromatic carbocycles. The minimum Gasteiger partial charge on any atom is -0.508 e. The SMILES string of the molecule is Cc1cc(OCC(=O)N/N=C/c2ccc(O)cc2)ccc1Br. The first-order valence-corrected chi connectivity index (χ1v) is 7.34. The summed E-state index contributed by atoms with van der Waals surface area (Å²) in [5.74, 6) is 0.452. The molecule has 6 heteroatoms. The van der Waals surface area contributed by atoms with Crippen LogP contribution < -0.4 is 10.2 Å². The van der Waals surface area contributed by atoms with Gasteiger partial charge in [0.1, 0.15) is 11.5 Å². The first-order chi connectivity index (χ1) is 10.5. The van der Waals surface area contributed by atoms with Crippen LogP contribution >= 0.6 is 15.9 Å². The molecule has 0 radical (unpaired) electrons. The Morgan fingerprint density at radius 1 is 1.32 bits per heavy atom. The molecule has 5 nitrogen and oxygen atoms in total. The number of hydrogen-bond acceptors (Lipinski definition) is 4. The summed E-state index contributed by atoms with van der Waals surface area (Å²) in [7, 11) is 0. The van der Waals surface area contributed by atoms with Crippen LogP contribution in [0.1, 0.15) is 11.1 Å². The highest BCUT2D eigenvalue weighted by molar-refractivity contribution is 9.10. The molecule has 0 bridgehead atoms. The van der Waals surface area contributed by atoms with E-state index in [0.29, 0.717) is 5.75 Å². The number of halogens is 1. The van der Waals surface area contributed by atoms with E-state index in [2.05, 4.69) is 26.5 Å². The number of phenolic OH excluding ortho intramolecular Hbond substituents is 1. The van der Waals surface area contributed by atoms with Gasteiger partial charge in [0.2, 0.25) is 0 Å². The molecular weight excluding hydrogens is 348 g/mol. The third-order valence-electron chi connectivity index (χ3n) is 2.80. The van der Waals surface area contributed by atoms with E-state index in [1.165, 1.54) is 6.21 Å². The molecule has 114 valence electrons. The molecule has 0 spiro atoms. The second-order valence-corrected chi connectivity index (χ2v) is 5.44. The quantitative estimate of drug-likeness (QED) is 0.634. The maximum Gasteiger partial charge on any atom is 0.277 e. The van der Waals surface area contributed by atoms with Crippen molar-refractivity contribution in [2.45, 2.75) is 6.92 Å². The van der Waals surface area contributed by atoms with Crippen LogP contribution in [0.3, 0.4) is 0 Å².